The molecule has 1 aliphatic heterocycles. The largest absolute Gasteiger partial charge is 0.302 e. The van der Waals surface area contributed by atoms with Gasteiger partial charge in [0, 0.05) is 24.7 Å². The van der Waals surface area contributed by atoms with Crippen LogP contribution in [-0.4, -0.2) is 29.7 Å². The monoisotopic (exact) mass is 523 g/mol. The van der Waals surface area contributed by atoms with Gasteiger partial charge >= 0.3 is 0 Å². The van der Waals surface area contributed by atoms with Gasteiger partial charge in [-0.3, -0.25) is 4.79 Å². The second-order valence-electron chi connectivity index (χ2n) is 8.21. The molecule has 0 unspecified atom stereocenters. The minimum Gasteiger partial charge on any atom is -0.302 e. The fourth-order valence-electron chi connectivity index (χ4n) is 4.20. The summed E-state index contributed by atoms with van der Waals surface area (Å²) in [7, 11) is -3.76. The molecule has 0 N–H and O–H groups in total. The van der Waals surface area contributed by atoms with Crippen LogP contribution in [0.1, 0.15) is 21.5 Å². The standard InChI is InChI=1S/C26H19F2N3O3S2/c1-2-12-31-24-22(28)14-20(27)15-23(24)35-26(31)29-25(32)18-7-9-21(10-8-18)36(33,34)30-13-11-17-5-3-4-6-19(17)16-30/h1,3-10,14-15H,11-13,16H2. The van der Waals surface area contributed by atoms with Gasteiger partial charge in [0.2, 0.25) is 10.0 Å². The Balaban J connectivity index is 1.44. The molecule has 6 nitrogen and oxygen atoms in total. The van der Waals surface area contributed by atoms with Gasteiger partial charge in [0.1, 0.15) is 5.82 Å². The van der Waals surface area contributed by atoms with E-state index in [2.05, 4.69) is 10.9 Å². The van der Waals surface area contributed by atoms with Crippen molar-refractivity contribution in [2.75, 3.05) is 6.54 Å². The highest BCUT2D eigenvalue weighted by Gasteiger charge is 2.28. The third-order valence-corrected chi connectivity index (χ3v) is 8.86. The molecule has 0 radical (unpaired) electrons. The number of benzene rings is 3. The maximum absolute atomic E-state index is 14.4. The SMILES string of the molecule is C#CCn1c(=NC(=O)c2ccc(S(=O)(=O)N3CCc4ccccc4C3)cc2)sc2cc(F)cc(F)c21. The summed E-state index contributed by atoms with van der Waals surface area (Å²) in [6, 6.07) is 15.1. The maximum Gasteiger partial charge on any atom is 0.279 e. The van der Waals surface area contributed by atoms with Crippen LogP contribution in [0.25, 0.3) is 10.2 Å². The lowest BCUT2D eigenvalue weighted by Gasteiger charge is -2.28. The highest BCUT2D eigenvalue weighted by molar-refractivity contribution is 7.89. The molecule has 182 valence electrons. The zero-order chi connectivity index (χ0) is 25.4. The van der Waals surface area contributed by atoms with Crippen molar-refractivity contribution in [1.82, 2.24) is 8.87 Å². The van der Waals surface area contributed by atoms with Crippen molar-refractivity contribution < 1.29 is 22.0 Å². The van der Waals surface area contributed by atoms with Crippen LogP contribution in [-0.2, 0) is 29.5 Å². The van der Waals surface area contributed by atoms with Crippen LogP contribution >= 0.6 is 11.3 Å². The normalized spacial score (nSPS) is 14.5. The molecule has 36 heavy (non-hydrogen) atoms. The van der Waals surface area contributed by atoms with Gasteiger partial charge in [-0.15, -0.1) is 6.42 Å². The summed E-state index contributed by atoms with van der Waals surface area (Å²) in [6.07, 6.45) is 6.02. The van der Waals surface area contributed by atoms with E-state index in [4.69, 9.17) is 6.42 Å². The van der Waals surface area contributed by atoms with Crippen molar-refractivity contribution in [2.45, 2.75) is 24.4 Å². The van der Waals surface area contributed by atoms with E-state index in [1.807, 2.05) is 24.3 Å². The lowest BCUT2D eigenvalue weighted by molar-refractivity contribution is 0.0997. The Labute approximate surface area is 210 Å². The van der Waals surface area contributed by atoms with Crippen molar-refractivity contribution in [1.29, 1.82) is 0 Å². The topological polar surface area (TPSA) is 71.7 Å². The number of sulfonamides is 1. The van der Waals surface area contributed by atoms with Gasteiger partial charge in [0.25, 0.3) is 5.91 Å². The number of carbonyl (C=O) groups excluding carboxylic acids is 1. The Hall–Kier alpha value is -3.65. The summed E-state index contributed by atoms with van der Waals surface area (Å²) >= 11 is 0.933. The Bertz CT molecular complexity index is 1720. The average molecular weight is 524 g/mol. The number of hydrogen-bond donors (Lipinski definition) is 0. The molecule has 0 saturated heterocycles. The third-order valence-electron chi connectivity index (χ3n) is 5.98. The zero-order valence-corrected chi connectivity index (χ0v) is 20.5. The minimum atomic E-state index is -3.76. The third kappa shape index (κ3) is 4.37. The predicted octanol–water partition coefficient (Wildman–Crippen LogP) is 4.10. The first-order valence-electron chi connectivity index (χ1n) is 11.0. The van der Waals surface area contributed by atoms with Crippen molar-refractivity contribution >= 4 is 37.5 Å². The van der Waals surface area contributed by atoms with E-state index in [0.29, 0.717) is 13.0 Å². The van der Waals surface area contributed by atoms with Gasteiger partial charge < -0.3 is 4.57 Å². The number of fused-ring (bicyclic) bond motifs is 2. The molecule has 3 aromatic carbocycles. The number of halogens is 2. The van der Waals surface area contributed by atoms with Crippen LogP contribution in [0.5, 0.6) is 0 Å². The quantitative estimate of drug-likeness (QED) is 0.378. The molecule has 4 aromatic rings. The Morgan fingerprint density at radius 3 is 2.53 bits per heavy atom. The average Bonchev–Trinajstić information content (AvgIpc) is 3.20. The molecule has 1 aromatic heterocycles. The van der Waals surface area contributed by atoms with Crippen LogP contribution in [0.2, 0.25) is 0 Å². The van der Waals surface area contributed by atoms with Crippen molar-refractivity contribution in [3.8, 4) is 12.3 Å². The second kappa shape index (κ2) is 9.43. The molecular formula is C26H19F2N3O3S2. The van der Waals surface area contributed by atoms with Gasteiger partial charge in [-0.2, -0.15) is 9.30 Å². The lowest BCUT2D eigenvalue weighted by atomic mass is 10.0. The van der Waals surface area contributed by atoms with Gasteiger partial charge in [0.05, 0.1) is 21.7 Å². The van der Waals surface area contributed by atoms with E-state index in [9.17, 15) is 22.0 Å². The van der Waals surface area contributed by atoms with E-state index in [-0.39, 0.29) is 38.6 Å². The lowest BCUT2D eigenvalue weighted by Crippen LogP contribution is -2.35. The summed E-state index contributed by atoms with van der Waals surface area (Å²) in [5, 5.41) is 0. The first kappa shape index (κ1) is 24.1. The summed E-state index contributed by atoms with van der Waals surface area (Å²) < 4.78 is 57.4. The van der Waals surface area contributed by atoms with Crippen LogP contribution < -0.4 is 4.80 Å². The van der Waals surface area contributed by atoms with E-state index in [1.165, 1.54) is 33.1 Å². The van der Waals surface area contributed by atoms with Crippen LogP contribution in [0.15, 0.2) is 70.6 Å². The number of terminal acetylenes is 1. The van der Waals surface area contributed by atoms with Crippen LogP contribution in [0.4, 0.5) is 8.78 Å². The molecule has 0 saturated carbocycles. The van der Waals surface area contributed by atoms with Gasteiger partial charge in [-0.25, -0.2) is 17.2 Å². The molecule has 0 fully saturated rings. The fraction of sp³-hybridized carbons (Fsp3) is 0.154. The summed E-state index contributed by atoms with van der Waals surface area (Å²) in [4.78, 5) is 17.1. The molecule has 10 heteroatoms. The zero-order valence-electron chi connectivity index (χ0n) is 18.8. The van der Waals surface area contributed by atoms with Crippen molar-refractivity contribution in [3.05, 3.63) is 93.8 Å². The van der Waals surface area contributed by atoms with Gasteiger partial charge in [-0.05, 0) is 47.9 Å². The van der Waals surface area contributed by atoms with E-state index in [1.54, 1.807) is 0 Å². The van der Waals surface area contributed by atoms with E-state index < -0.39 is 27.6 Å². The Kier molecular flexibility index (Phi) is 6.30. The second-order valence-corrected chi connectivity index (χ2v) is 11.2. The molecule has 0 spiro atoms. The van der Waals surface area contributed by atoms with Crippen molar-refractivity contribution in [3.63, 3.8) is 0 Å². The highest BCUT2D eigenvalue weighted by atomic mass is 32.2. The summed E-state index contributed by atoms with van der Waals surface area (Å²) in [5.41, 5.74) is 2.32. The van der Waals surface area contributed by atoms with Gasteiger partial charge in [0.15, 0.2) is 10.6 Å². The summed E-state index contributed by atoms with van der Waals surface area (Å²) in [6.45, 7) is 0.589. The number of rotatable bonds is 4. The molecular weight excluding hydrogens is 504 g/mol. The Morgan fingerprint density at radius 1 is 1.08 bits per heavy atom. The first-order chi connectivity index (χ1) is 17.3. The highest BCUT2D eigenvalue weighted by Crippen LogP contribution is 2.26. The molecule has 1 aliphatic rings. The van der Waals surface area contributed by atoms with E-state index >= 15 is 0 Å². The number of carbonyl (C=O) groups is 1. The molecule has 0 bridgehead atoms. The molecule has 2 heterocycles. The molecule has 0 aliphatic carbocycles. The fourth-order valence-corrected chi connectivity index (χ4v) is 6.68. The first-order valence-corrected chi connectivity index (χ1v) is 13.2. The molecule has 1 amide bonds. The molecule has 5 rings (SSSR count). The maximum atomic E-state index is 14.4. The molecule has 0 atom stereocenters. The van der Waals surface area contributed by atoms with E-state index in [0.717, 1.165) is 34.6 Å². The number of thiazole rings is 1. The van der Waals surface area contributed by atoms with Gasteiger partial charge in [-0.1, -0.05) is 41.5 Å². The smallest absolute Gasteiger partial charge is 0.279 e. The number of amides is 1. The predicted molar refractivity (Wildman–Crippen MR) is 133 cm³/mol. The minimum absolute atomic E-state index is 0.0647. The number of nitrogens with zero attached hydrogens (tertiary/aromatic N) is 3. The van der Waals surface area contributed by atoms with Crippen LogP contribution in [0.3, 0.4) is 0 Å². The number of aromatic nitrogens is 1. The number of hydrogen-bond acceptors (Lipinski definition) is 4. The van der Waals surface area contributed by atoms with Crippen LogP contribution in [0, 0.1) is 24.0 Å². The Morgan fingerprint density at radius 2 is 1.81 bits per heavy atom. The summed E-state index contributed by atoms with van der Waals surface area (Å²) in [5.74, 6) is 0.168. The van der Waals surface area contributed by atoms with Crippen molar-refractivity contribution in [2.24, 2.45) is 4.99 Å².